The third-order valence-corrected chi connectivity index (χ3v) is 5.53. The monoisotopic (exact) mass is 376 g/mol. The molecule has 0 saturated carbocycles. The second-order valence-electron chi connectivity index (χ2n) is 5.47. The number of amides is 1. The highest BCUT2D eigenvalue weighted by Gasteiger charge is 2.15. The number of aryl methyl sites for hydroxylation is 2. The Hall–Kier alpha value is -2.31. The van der Waals surface area contributed by atoms with Crippen molar-refractivity contribution >= 4 is 39.1 Å². The molecule has 0 bridgehead atoms. The van der Waals surface area contributed by atoms with Gasteiger partial charge in [0.2, 0.25) is 0 Å². The highest BCUT2D eigenvalue weighted by atomic mass is 35.5. The fourth-order valence-electron chi connectivity index (χ4n) is 2.63. The fraction of sp³-hybridized carbons (Fsp3) is 0.222. The number of hydrogen-bond donors (Lipinski definition) is 0. The smallest absolute Gasteiger partial charge is 0.283 e. The van der Waals surface area contributed by atoms with Crippen molar-refractivity contribution in [1.82, 2.24) is 4.57 Å². The summed E-state index contributed by atoms with van der Waals surface area (Å²) in [4.78, 5) is 17.5. The molecule has 0 aliphatic carbocycles. The topological polar surface area (TPSA) is 52.8 Å². The van der Waals surface area contributed by atoms with Crippen LogP contribution < -0.4 is 14.3 Å². The molecule has 0 fully saturated rings. The van der Waals surface area contributed by atoms with Crippen LogP contribution in [0.4, 0.5) is 0 Å². The number of hydrogen-bond acceptors (Lipinski definition) is 4. The average Bonchev–Trinajstić information content (AvgIpc) is 2.95. The SMILES string of the molecule is COc1ccc(C(=O)N=c2sc3c(Cl)ccc(C)c3n2C)c(OC)c1. The van der Waals surface area contributed by atoms with Crippen LogP contribution in [0.25, 0.3) is 10.2 Å². The van der Waals surface area contributed by atoms with Crippen molar-refractivity contribution in [3.63, 3.8) is 0 Å². The van der Waals surface area contributed by atoms with Crippen LogP contribution in [0.5, 0.6) is 11.5 Å². The van der Waals surface area contributed by atoms with Crippen LogP contribution in [0.3, 0.4) is 0 Å². The minimum atomic E-state index is -0.379. The van der Waals surface area contributed by atoms with Crippen molar-refractivity contribution in [2.24, 2.45) is 12.0 Å². The number of fused-ring (bicyclic) bond motifs is 1. The standard InChI is InChI=1S/C18H17ClN2O3S/c1-10-5-8-13(19)16-15(10)21(2)18(25-16)20-17(22)12-7-6-11(23-3)9-14(12)24-4/h5-9H,1-4H3. The molecule has 7 heteroatoms. The number of halogens is 1. The van der Waals surface area contributed by atoms with Gasteiger partial charge in [0.05, 0.1) is 35.0 Å². The molecule has 0 aliphatic heterocycles. The van der Waals surface area contributed by atoms with Crippen LogP contribution in [0.1, 0.15) is 15.9 Å². The van der Waals surface area contributed by atoms with E-state index in [1.807, 2.05) is 30.7 Å². The molecule has 3 aromatic rings. The zero-order valence-electron chi connectivity index (χ0n) is 14.3. The second-order valence-corrected chi connectivity index (χ2v) is 6.85. The van der Waals surface area contributed by atoms with E-state index >= 15 is 0 Å². The number of rotatable bonds is 3. The van der Waals surface area contributed by atoms with E-state index in [1.54, 1.807) is 25.3 Å². The van der Waals surface area contributed by atoms with E-state index < -0.39 is 0 Å². The predicted molar refractivity (Wildman–Crippen MR) is 100.0 cm³/mol. The summed E-state index contributed by atoms with van der Waals surface area (Å²) in [5.74, 6) is 0.657. The molecule has 0 atom stereocenters. The van der Waals surface area contributed by atoms with Crippen LogP contribution >= 0.6 is 22.9 Å². The number of benzene rings is 2. The summed E-state index contributed by atoms with van der Waals surface area (Å²) in [5.41, 5.74) is 2.43. The van der Waals surface area contributed by atoms with Crippen molar-refractivity contribution in [2.75, 3.05) is 14.2 Å². The molecule has 0 radical (unpaired) electrons. The molecule has 1 aromatic heterocycles. The van der Waals surface area contributed by atoms with E-state index in [2.05, 4.69) is 4.99 Å². The lowest BCUT2D eigenvalue weighted by Crippen LogP contribution is -2.14. The van der Waals surface area contributed by atoms with E-state index in [-0.39, 0.29) is 5.91 Å². The average molecular weight is 377 g/mol. The summed E-state index contributed by atoms with van der Waals surface area (Å²) in [5, 5.41) is 0.650. The Morgan fingerprint density at radius 3 is 2.60 bits per heavy atom. The number of carbonyl (C=O) groups is 1. The van der Waals surface area contributed by atoms with Gasteiger partial charge in [-0.25, -0.2) is 0 Å². The quantitative estimate of drug-likeness (QED) is 0.695. The zero-order valence-corrected chi connectivity index (χ0v) is 15.9. The minimum Gasteiger partial charge on any atom is -0.497 e. The van der Waals surface area contributed by atoms with Gasteiger partial charge < -0.3 is 14.0 Å². The first-order valence-corrected chi connectivity index (χ1v) is 8.71. The molecular weight excluding hydrogens is 360 g/mol. The van der Waals surface area contributed by atoms with Crippen LogP contribution in [0.2, 0.25) is 5.02 Å². The van der Waals surface area contributed by atoms with Gasteiger partial charge in [-0.2, -0.15) is 4.99 Å². The highest BCUT2D eigenvalue weighted by Crippen LogP contribution is 2.29. The highest BCUT2D eigenvalue weighted by molar-refractivity contribution is 7.17. The normalized spacial score (nSPS) is 11.8. The summed E-state index contributed by atoms with van der Waals surface area (Å²) in [7, 11) is 4.94. The Balaban J connectivity index is 2.14. The number of nitrogens with zero attached hydrogens (tertiary/aromatic N) is 2. The number of carbonyl (C=O) groups excluding carboxylic acids is 1. The maximum Gasteiger partial charge on any atom is 0.283 e. The first kappa shape index (κ1) is 17.5. The molecule has 0 unspecified atom stereocenters. The molecule has 0 spiro atoms. The van der Waals surface area contributed by atoms with Crippen molar-refractivity contribution < 1.29 is 14.3 Å². The molecular formula is C18H17ClN2O3S. The fourth-order valence-corrected chi connectivity index (χ4v) is 4.00. The molecule has 0 saturated heterocycles. The second kappa shape index (κ2) is 6.90. The van der Waals surface area contributed by atoms with Gasteiger partial charge in [0.1, 0.15) is 11.5 Å². The molecule has 25 heavy (non-hydrogen) atoms. The van der Waals surface area contributed by atoms with Gasteiger partial charge in [-0.05, 0) is 30.7 Å². The van der Waals surface area contributed by atoms with Crippen molar-refractivity contribution in [2.45, 2.75) is 6.92 Å². The van der Waals surface area contributed by atoms with Gasteiger partial charge in [-0.15, -0.1) is 0 Å². The van der Waals surface area contributed by atoms with E-state index in [0.717, 1.165) is 15.8 Å². The van der Waals surface area contributed by atoms with E-state index in [9.17, 15) is 4.79 Å². The molecule has 2 aromatic carbocycles. The van der Waals surface area contributed by atoms with Crippen molar-refractivity contribution in [3.05, 3.63) is 51.3 Å². The molecule has 1 heterocycles. The summed E-state index contributed by atoms with van der Waals surface area (Å²) in [6.45, 7) is 2.00. The first-order valence-electron chi connectivity index (χ1n) is 7.52. The lowest BCUT2D eigenvalue weighted by Gasteiger charge is -2.07. The van der Waals surface area contributed by atoms with Crippen molar-refractivity contribution in [3.8, 4) is 11.5 Å². The third-order valence-electron chi connectivity index (χ3n) is 3.94. The number of thiazole rings is 1. The Morgan fingerprint density at radius 2 is 1.96 bits per heavy atom. The van der Waals surface area contributed by atoms with Gasteiger partial charge >= 0.3 is 0 Å². The van der Waals surface area contributed by atoms with Crippen LogP contribution in [-0.2, 0) is 7.05 Å². The largest absolute Gasteiger partial charge is 0.497 e. The number of ether oxygens (including phenoxy) is 2. The summed E-state index contributed by atoms with van der Waals surface area (Å²) < 4.78 is 13.2. The van der Waals surface area contributed by atoms with Crippen LogP contribution in [-0.4, -0.2) is 24.7 Å². The number of aromatic nitrogens is 1. The zero-order chi connectivity index (χ0) is 18.1. The summed E-state index contributed by atoms with van der Waals surface area (Å²) in [6, 6.07) is 8.82. The Bertz CT molecular complexity index is 1040. The lowest BCUT2D eigenvalue weighted by molar-refractivity contribution is 0.0995. The molecule has 5 nitrogen and oxygen atoms in total. The van der Waals surface area contributed by atoms with Crippen LogP contribution in [0.15, 0.2) is 35.3 Å². The van der Waals surface area contributed by atoms with Crippen molar-refractivity contribution in [1.29, 1.82) is 0 Å². The van der Waals surface area contributed by atoms with E-state index in [1.165, 1.54) is 18.4 Å². The minimum absolute atomic E-state index is 0.378. The molecule has 0 aliphatic rings. The Labute approximate surface area is 154 Å². The number of methoxy groups -OCH3 is 2. The first-order chi connectivity index (χ1) is 12.0. The maximum absolute atomic E-state index is 12.7. The van der Waals surface area contributed by atoms with Gasteiger partial charge in [0.15, 0.2) is 4.80 Å². The van der Waals surface area contributed by atoms with Gasteiger partial charge in [-0.1, -0.05) is 29.0 Å². The molecule has 3 rings (SSSR count). The summed E-state index contributed by atoms with van der Waals surface area (Å²) >= 11 is 7.67. The summed E-state index contributed by atoms with van der Waals surface area (Å²) in [6.07, 6.45) is 0. The van der Waals surface area contributed by atoms with Crippen LogP contribution in [0, 0.1) is 6.92 Å². The molecule has 0 N–H and O–H groups in total. The predicted octanol–water partition coefficient (Wildman–Crippen LogP) is 3.96. The maximum atomic E-state index is 12.7. The van der Waals surface area contributed by atoms with Gasteiger partial charge in [0, 0.05) is 13.1 Å². The van der Waals surface area contributed by atoms with Gasteiger partial charge in [0.25, 0.3) is 5.91 Å². The molecule has 1 amide bonds. The van der Waals surface area contributed by atoms with E-state index in [0.29, 0.717) is 26.9 Å². The Morgan fingerprint density at radius 1 is 1.20 bits per heavy atom. The third kappa shape index (κ3) is 3.15. The molecule has 130 valence electrons. The van der Waals surface area contributed by atoms with E-state index in [4.69, 9.17) is 21.1 Å². The van der Waals surface area contributed by atoms with Gasteiger partial charge in [-0.3, -0.25) is 4.79 Å². The Kier molecular flexibility index (Phi) is 4.83. The lowest BCUT2D eigenvalue weighted by atomic mass is 10.2.